The van der Waals surface area contributed by atoms with Crippen LogP contribution in [-0.2, 0) is 4.84 Å². The number of nitrogens with zero attached hydrogens (tertiary/aromatic N) is 1. The maximum atomic E-state index is 5.68. The highest BCUT2D eigenvalue weighted by Crippen LogP contribution is 2.27. The quantitative estimate of drug-likeness (QED) is 0.600. The van der Waals surface area contributed by atoms with Crippen LogP contribution in [0.3, 0.4) is 0 Å². The lowest BCUT2D eigenvalue weighted by Crippen LogP contribution is -2.34. The SMILES string of the molecule is C[Si](C)(C)C[C@H]1C[C@H](Br)C(c2ccccc2)=NO1. The van der Waals surface area contributed by atoms with Crippen LogP contribution < -0.4 is 0 Å². The van der Waals surface area contributed by atoms with Gasteiger partial charge in [0.15, 0.2) is 0 Å². The average Bonchev–Trinajstić information content (AvgIpc) is 2.28. The Hall–Kier alpha value is -0.613. The lowest BCUT2D eigenvalue weighted by molar-refractivity contribution is 0.0582. The Balaban J connectivity index is 2.09. The van der Waals surface area contributed by atoms with Gasteiger partial charge in [-0.05, 0) is 6.04 Å². The minimum Gasteiger partial charge on any atom is -0.392 e. The van der Waals surface area contributed by atoms with Gasteiger partial charge < -0.3 is 4.84 Å². The van der Waals surface area contributed by atoms with Crippen LogP contribution in [-0.4, -0.2) is 24.7 Å². The van der Waals surface area contributed by atoms with Gasteiger partial charge in [0.25, 0.3) is 0 Å². The number of hydrogen-bond acceptors (Lipinski definition) is 2. The van der Waals surface area contributed by atoms with E-state index in [0.717, 1.165) is 17.7 Å². The first-order valence-corrected chi connectivity index (χ1v) is 11.0. The van der Waals surface area contributed by atoms with Gasteiger partial charge in [0, 0.05) is 20.1 Å². The van der Waals surface area contributed by atoms with Crippen molar-refractivity contribution in [2.24, 2.45) is 5.16 Å². The summed E-state index contributed by atoms with van der Waals surface area (Å²) in [5, 5.41) is 4.34. The molecule has 2 atom stereocenters. The highest BCUT2D eigenvalue weighted by Gasteiger charge is 2.30. The molecule has 0 aromatic heterocycles. The summed E-state index contributed by atoms with van der Waals surface area (Å²) in [5.41, 5.74) is 2.16. The molecule has 0 radical (unpaired) electrons. The zero-order valence-corrected chi connectivity index (χ0v) is 13.8. The van der Waals surface area contributed by atoms with Crippen LogP contribution in [0.2, 0.25) is 25.7 Å². The van der Waals surface area contributed by atoms with Gasteiger partial charge in [-0.2, -0.15) is 0 Å². The fraction of sp³-hybridized carbons (Fsp3) is 0.500. The Labute approximate surface area is 119 Å². The molecule has 2 rings (SSSR count). The summed E-state index contributed by atoms with van der Waals surface area (Å²) >= 11 is 3.74. The Morgan fingerprint density at radius 2 is 1.94 bits per heavy atom. The zero-order valence-electron chi connectivity index (χ0n) is 11.2. The standard InChI is InChI=1S/C14H20BrNOSi/c1-18(2,3)10-12-9-13(15)14(16-17-12)11-7-5-4-6-8-11/h4-8,12-13H,9-10H2,1-3H3/t12-,13+/m1/s1. The monoisotopic (exact) mass is 325 g/mol. The van der Waals surface area contributed by atoms with E-state index in [-0.39, 0.29) is 6.10 Å². The molecule has 1 aromatic rings. The van der Waals surface area contributed by atoms with E-state index in [1.165, 1.54) is 6.04 Å². The second kappa shape index (κ2) is 5.57. The summed E-state index contributed by atoms with van der Waals surface area (Å²) in [6, 6.07) is 11.4. The van der Waals surface area contributed by atoms with Crippen LogP contribution in [0.1, 0.15) is 12.0 Å². The summed E-state index contributed by atoms with van der Waals surface area (Å²) in [6.07, 6.45) is 1.28. The molecule has 0 N–H and O–H groups in total. The molecule has 1 aromatic carbocycles. The van der Waals surface area contributed by atoms with E-state index in [1.807, 2.05) is 18.2 Å². The van der Waals surface area contributed by atoms with Gasteiger partial charge in [-0.15, -0.1) is 0 Å². The van der Waals surface area contributed by atoms with E-state index in [9.17, 15) is 0 Å². The van der Waals surface area contributed by atoms with Gasteiger partial charge in [-0.3, -0.25) is 0 Å². The summed E-state index contributed by atoms with van der Waals surface area (Å²) in [6.45, 7) is 7.11. The molecule has 1 heterocycles. The van der Waals surface area contributed by atoms with E-state index < -0.39 is 8.07 Å². The van der Waals surface area contributed by atoms with Crippen molar-refractivity contribution in [1.29, 1.82) is 0 Å². The number of halogens is 1. The van der Waals surface area contributed by atoms with E-state index >= 15 is 0 Å². The summed E-state index contributed by atoms with van der Waals surface area (Å²) < 4.78 is 0. The van der Waals surface area contributed by atoms with Gasteiger partial charge in [0.05, 0.1) is 4.83 Å². The van der Waals surface area contributed by atoms with Gasteiger partial charge >= 0.3 is 0 Å². The average molecular weight is 326 g/mol. The molecule has 2 nitrogen and oxygen atoms in total. The molecule has 0 unspecified atom stereocenters. The van der Waals surface area contributed by atoms with Crippen LogP contribution in [0.5, 0.6) is 0 Å². The maximum Gasteiger partial charge on any atom is 0.126 e. The second-order valence-electron chi connectivity index (χ2n) is 6.04. The number of benzene rings is 1. The van der Waals surface area contributed by atoms with Crippen molar-refractivity contribution in [3.63, 3.8) is 0 Å². The lowest BCUT2D eigenvalue weighted by atomic mass is 10.0. The molecule has 18 heavy (non-hydrogen) atoms. The first kappa shape index (κ1) is 13.8. The first-order valence-electron chi connectivity index (χ1n) is 6.39. The van der Waals surface area contributed by atoms with Gasteiger partial charge in [-0.1, -0.05) is 71.1 Å². The molecule has 0 spiro atoms. The summed E-state index contributed by atoms with van der Waals surface area (Å²) in [4.78, 5) is 5.99. The predicted molar refractivity (Wildman–Crippen MR) is 83.3 cm³/mol. The topological polar surface area (TPSA) is 21.6 Å². The number of hydrogen-bond donors (Lipinski definition) is 0. The van der Waals surface area contributed by atoms with E-state index in [2.05, 4.69) is 52.9 Å². The zero-order chi connectivity index (χ0) is 13.2. The lowest BCUT2D eigenvalue weighted by Gasteiger charge is -2.29. The minimum atomic E-state index is -1.09. The van der Waals surface area contributed by atoms with Crippen molar-refractivity contribution in [3.8, 4) is 0 Å². The normalized spacial score (nSPS) is 24.3. The fourth-order valence-corrected chi connectivity index (χ4v) is 4.59. The van der Waals surface area contributed by atoms with Gasteiger partial charge in [0.1, 0.15) is 11.8 Å². The van der Waals surface area contributed by atoms with Gasteiger partial charge in [-0.25, -0.2) is 0 Å². The second-order valence-corrected chi connectivity index (χ2v) is 12.7. The Kier molecular flexibility index (Phi) is 4.28. The Bertz CT molecular complexity index is 427. The molecule has 0 fully saturated rings. The van der Waals surface area contributed by atoms with Crippen LogP contribution in [0.25, 0.3) is 0 Å². The third-order valence-electron chi connectivity index (χ3n) is 2.98. The number of oxime groups is 1. The molecular formula is C14H20BrNOSi. The van der Waals surface area contributed by atoms with Crippen molar-refractivity contribution in [1.82, 2.24) is 0 Å². The van der Waals surface area contributed by atoms with Crippen molar-refractivity contribution in [2.45, 2.75) is 43.0 Å². The van der Waals surface area contributed by atoms with Crippen LogP contribution >= 0.6 is 15.9 Å². The molecule has 1 aliphatic rings. The van der Waals surface area contributed by atoms with Crippen molar-refractivity contribution < 1.29 is 4.84 Å². The first-order chi connectivity index (χ1) is 8.46. The Morgan fingerprint density at radius 3 is 2.50 bits per heavy atom. The highest BCUT2D eigenvalue weighted by atomic mass is 79.9. The summed E-state index contributed by atoms with van der Waals surface area (Å²) in [7, 11) is -1.09. The third-order valence-corrected chi connectivity index (χ3v) is 5.46. The van der Waals surface area contributed by atoms with Gasteiger partial charge in [0.2, 0.25) is 0 Å². The molecule has 4 heteroatoms. The molecule has 0 bridgehead atoms. The molecule has 0 amide bonds. The highest BCUT2D eigenvalue weighted by molar-refractivity contribution is 9.10. The molecule has 0 saturated heterocycles. The molecule has 1 aliphatic heterocycles. The number of alkyl halides is 1. The van der Waals surface area contributed by atoms with Crippen LogP contribution in [0.15, 0.2) is 35.5 Å². The minimum absolute atomic E-state index is 0.272. The summed E-state index contributed by atoms with van der Waals surface area (Å²) in [5.74, 6) is 0. The molecule has 98 valence electrons. The maximum absolute atomic E-state index is 5.68. The van der Waals surface area contributed by atoms with E-state index in [4.69, 9.17) is 4.84 Å². The van der Waals surface area contributed by atoms with Crippen LogP contribution in [0, 0.1) is 0 Å². The number of rotatable bonds is 3. The molecule has 0 aliphatic carbocycles. The van der Waals surface area contributed by atoms with E-state index in [0.29, 0.717) is 4.83 Å². The van der Waals surface area contributed by atoms with E-state index in [1.54, 1.807) is 0 Å². The largest absolute Gasteiger partial charge is 0.392 e. The van der Waals surface area contributed by atoms with Crippen molar-refractivity contribution >= 4 is 29.7 Å². The predicted octanol–water partition coefficient (Wildman–Crippen LogP) is 4.28. The molecule has 0 saturated carbocycles. The third kappa shape index (κ3) is 3.69. The smallest absolute Gasteiger partial charge is 0.126 e. The molecular weight excluding hydrogens is 306 g/mol. The van der Waals surface area contributed by atoms with Crippen LogP contribution in [0.4, 0.5) is 0 Å². The Morgan fingerprint density at radius 1 is 1.28 bits per heavy atom. The fourth-order valence-electron chi connectivity index (χ4n) is 2.22. The van der Waals surface area contributed by atoms with Crippen molar-refractivity contribution in [2.75, 3.05) is 0 Å². The van der Waals surface area contributed by atoms with Crippen molar-refractivity contribution in [3.05, 3.63) is 35.9 Å².